The summed E-state index contributed by atoms with van der Waals surface area (Å²) in [6.07, 6.45) is 4.68. The van der Waals surface area contributed by atoms with Crippen LogP contribution in [0.1, 0.15) is 36.2 Å². The summed E-state index contributed by atoms with van der Waals surface area (Å²) in [6.45, 7) is 1.84. The largest absolute Gasteiger partial charge is 0.477 e. The van der Waals surface area contributed by atoms with E-state index in [1.807, 2.05) is 30.3 Å². The third-order valence-electron chi connectivity index (χ3n) is 3.89. The standard InChI is InChI=1S/C17H19N3O2/c21-17(22)14-12-15(20-10-6-1-2-7-11-20)19-16(18-14)13-8-4-3-5-9-13/h3-5,8-9,12H,1-2,6-7,10-11H2,(H,21,22). The summed E-state index contributed by atoms with van der Waals surface area (Å²) in [5, 5.41) is 9.33. The molecule has 0 aliphatic carbocycles. The summed E-state index contributed by atoms with van der Waals surface area (Å²) in [6, 6.07) is 11.1. The topological polar surface area (TPSA) is 66.3 Å². The second-order valence-electron chi connectivity index (χ2n) is 5.51. The van der Waals surface area contributed by atoms with Gasteiger partial charge in [0.15, 0.2) is 11.5 Å². The number of rotatable bonds is 3. The summed E-state index contributed by atoms with van der Waals surface area (Å²) in [7, 11) is 0. The highest BCUT2D eigenvalue weighted by Crippen LogP contribution is 2.22. The molecule has 22 heavy (non-hydrogen) atoms. The molecule has 2 aromatic rings. The Kier molecular flexibility index (Phi) is 4.32. The maximum atomic E-state index is 11.4. The lowest BCUT2D eigenvalue weighted by Gasteiger charge is -2.22. The fraction of sp³-hybridized carbons (Fsp3) is 0.353. The van der Waals surface area contributed by atoms with E-state index >= 15 is 0 Å². The van der Waals surface area contributed by atoms with Crippen molar-refractivity contribution in [2.75, 3.05) is 18.0 Å². The number of nitrogens with zero attached hydrogens (tertiary/aromatic N) is 3. The first-order valence-electron chi connectivity index (χ1n) is 7.67. The molecule has 3 rings (SSSR count). The van der Waals surface area contributed by atoms with E-state index < -0.39 is 5.97 Å². The third kappa shape index (κ3) is 3.24. The molecule has 1 aromatic carbocycles. The molecule has 5 heteroatoms. The highest BCUT2D eigenvalue weighted by atomic mass is 16.4. The van der Waals surface area contributed by atoms with E-state index in [2.05, 4.69) is 14.9 Å². The van der Waals surface area contributed by atoms with Crippen molar-refractivity contribution in [3.05, 3.63) is 42.1 Å². The number of carbonyl (C=O) groups is 1. The lowest BCUT2D eigenvalue weighted by atomic mass is 10.2. The molecule has 1 aliphatic heterocycles. The van der Waals surface area contributed by atoms with Crippen LogP contribution in [0.5, 0.6) is 0 Å². The molecule has 1 aromatic heterocycles. The van der Waals surface area contributed by atoms with Crippen molar-refractivity contribution in [1.29, 1.82) is 0 Å². The Morgan fingerprint density at radius 3 is 2.32 bits per heavy atom. The molecule has 0 amide bonds. The van der Waals surface area contributed by atoms with Crippen molar-refractivity contribution in [1.82, 2.24) is 9.97 Å². The van der Waals surface area contributed by atoms with Crippen LogP contribution in [-0.2, 0) is 0 Å². The minimum atomic E-state index is -1.02. The molecule has 1 saturated heterocycles. The van der Waals surface area contributed by atoms with Gasteiger partial charge < -0.3 is 10.0 Å². The predicted molar refractivity (Wildman–Crippen MR) is 85.1 cm³/mol. The van der Waals surface area contributed by atoms with Gasteiger partial charge in [0, 0.05) is 24.7 Å². The van der Waals surface area contributed by atoms with Crippen LogP contribution in [0.15, 0.2) is 36.4 Å². The minimum absolute atomic E-state index is 0.0492. The van der Waals surface area contributed by atoms with Gasteiger partial charge in [-0.1, -0.05) is 43.2 Å². The Bertz CT molecular complexity index is 650. The molecule has 2 heterocycles. The molecule has 0 atom stereocenters. The van der Waals surface area contributed by atoms with Crippen LogP contribution in [0.4, 0.5) is 5.82 Å². The second kappa shape index (κ2) is 6.56. The lowest BCUT2D eigenvalue weighted by molar-refractivity contribution is 0.0690. The van der Waals surface area contributed by atoms with Gasteiger partial charge in [0.1, 0.15) is 5.82 Å². The van der Waals surface area contributed by atoms with Crippen LogP contribution in [0.25, 0.3) is 11.4 Å². The van der Waals surface area contributed by atoms with Crippen molar-refractivity contribution in [2.24, 2.45) is 0 Å². The van der Waals surface area contributed by atoms with Crippen molar-refractivity contribution < 1.29 is 9.90 Å². The summed E-state index contributed by atoms with van der Waals surface area (Å²) in [4.78, 5) is 22.3. The molecule has 1 aliphatic rings. The maximum Gasteiger partial charge on any atom is 0.354 e. The fourth-order valence-electron chi connectivity index (χ4n) is 2.72. The van der Waals surface area contributed by atoms with E-state index in [0.717, 1.165) is 31.5 Å². The van der Waals surface area contributed by atoms with Crippen LogP contribution in [0.2, 0.25) is 0 Å². The van der Waals surface area contributed by atoms with Gasteiger partial charge in [-0.2, -0.15) is 0 Å². The monoisotopic (exact) mass is 297 g/mol. The number of carboxylic acids is 1. The normalized spacial score (nSPS) is 15.4. The molecular formula is C17H19N3O2. The summed E-state index contributed by atoms with van der Waals surface area (Å²) in [5.41, 5.74) is 0.884. The molecule has 5 nitrogen and oxygen atoms in total. The highest BCUT2D eigenvalue weighted by molar-refractivity contribution is 5.87. The van der Waals surface area contributed by atoms with Crippen molar-refractivity contribution in [2.45, 2.75) is 25.7 Å². The van der Waals surface area contributed by atoms with Crippen molar-refractivity contribution in [3.8, 4) is 11.4 Å². The molecule has 0 spiro atoms. The molecule has 1 fully saturated rings. The quantitative estimate of drug-likeness (QED) is 0.942. The van der Waals surface area contributed by atoms with Gasteiger partial charge in [-0.3, -0.25) is 0 Å². The van der Waals surface area contributed by atoms with Crippen LogP contribution in [0, 0.1) is 0 Å². The van der Waals surface area contributed by atoms with E-state index in [4.69, 9.17) is 0 Å². The number of aromatic nitrogens is 2. The van der Waals surface area contributed by atoms with E-state index in [1.165, 1.54) is 12.8 Å². The number of aromatic carboxylic acids is 1. The number of anilines is 1. The van der Waals surface area contributed by atoms with Crippen LogP contribution < -0.4 is 4.90 Å². The van der Waals surface area contributed by atoms with E-state index in [0.29, 0.717) is 11.6 Å². The Balaban J connectivity index is 2.02. The van der Waals surface area contributed by atoms with Crippen LogP contribution in [0.3, 0.4) is 0 Å². The van der Waals surface area contributed by atoms with Gasteiger partial charge in [-0.15, -0.1) is 0 Å². The second-order valence-corrected chi connectivity index (χ2v) is 5.51. The fourth-order valence-corrected chi connectivity index (χ4v) is 2.72. The van der Waals surface area contributed by atoms with Gasteiger partial charge in [-0.25, -0.2) is 14.8 Å². The smallest absolute Gasteiger partial charge is 0.354 e. The molecule has 0 unspecified atom stereocenters. The van der Waals surface area contributed by atoms with Gasteiger partial charge in [0.05, 0.1) is 0 Å². The van der Waals surface area contributed by atoms with Gasteiger partial charge in [0.25, 0.3) is 0 Å². The van der Waals surface area contributed by atoms with Gasteiger partial charge in [0.2, 0.25) is 0 Å². The Morgan fingerprint density at radius 1 is 1.00 bits per heavy atom. The highest BCUT2D eigenvalue weighted by Gasteiger charge is 2.17. The zero-order valence-corrected chi connectivity index (χ0v) is 12.4. The Labute approximate surface area is 129 Å². The van der Waals surface area contributed by atoms with E-state index in [-0.39, 0.29) is 5.69 Å². The molecule has 1 N–H and O–H groups in total. The Morgan fingerprint density at radius 2 is 1.68 bits per heavy atom. The first kappa shape index (κ1) is 14.5. The first-order chi connectivity index (χ1) is 10.7. The van der Waals surface area contributed by atoms with Gasteiger partial charge >= 0.3 is 5.97 Å². The lowest BCUT2D eigenvalue weighted by Crippen LogP contribution is -2.25. The molecule has 0 radical (unpaired) electrons. The maximum absolute atomic E-state index is 11.4. The van der Waals surface area contributed by atoms with E-state index in [1.54, 1.807) is 6.07 Å². The van der Waals surface area contributed by atoms with E-state index in [9.17, 15) is 9.90 Å². The van der Waals surface area contributed by atoms with Gasteiger partial charge in [-0.05, 0) is 12.8 Å². The Hall–Kier alpha value is -2.43. The number of hydrogen-bond acceptors (Lipinski definition) is 4. The molecule has 114 valence electrons. The number of hydrogen-bond donors (Lipinski definition) is 1. The number of benzene rings is 1. The first-order valence-corrected chi connectivity index (χ1v) is 7.67. The number of carboxylic acid groups (broad SMARTS) is 1. The van der Waals surface area contributed by atoms with Crippen molar-refractivity contribution in [3.63, 3.8) is 0 Å². The summed E-state index contributed by atoms with van der Waals surface area (Å²) >= 11 is 0. The average Bonchev–Trinajstić information content (AvgIpc) is 2.84. The molecule has 0 saturated carbocycles. The molecular weight excluding hydrogens is 278 g/mol. The minimum Gasteiger partial charge on any atom is -0.477 e. The zero-order valence-electron chi connectivity index (χ0n) is 12.4. The van der Waals surface area contributed by atoms with Crippen LogP contribution >= 0.6 is 0 Å². The zero-order chi connectivity index (χ0) is 15.4. The predicted octanol–water partition coefficient (Wildman–Crippen LogP) is 3.22. The van der Waals surface area contributed by atoms with Crippen LogP contribution in [-0.4, -0.2) is 34.1 Å². The third-order valence-corrected chi connectivity index (χ3v) is 3.89. The van der Waals surface area contributed by atoms with Crippen molar-refractivity contribution >= 4 is 11.8 Å². The average molecular weight is 297 g/mol. The summed E-state index contributed by atoms with van der Waals surface area (Å²) < 4.78 is 0. The molecule has 0 bridgehead atoms. The summed E-state index contributed by atoms with van der Waals surface area (Å²) in [5.74, 6) is 0.170. The SMILES string of the molecule is O=C(O)c1cc(N2CCCCCC2)nc(-c2ccccc2)n1.